The van der Waals surface area contributed by atoms with Crippen molar-refractivity contribution in [2.24, 2.45) is 0 Å². The van der Waals surface area contributed by atoms with Crippen molar-refractivity contribution in [3.05, 3.63) is 62.4 Å². The number of amides is 1. The van der Waals surface area contributed by atoms with Crippen molar-refractivity contribution < 1.29 is 13.9 Å². The minimum Gasteiger partial charge on any atom is -0.478 e. The molecular formula is C17H16FN3O4S. The van der Waals surface area contributed by atoms with Gasteiger partial charge in [0.25, 0.3) is 11.5 Å². The van der Waals surface area contributed by atoms with Gasteiger partial charge in [0.1, 0.15) is 4.70 Å². The molecule has 0 radical (unpaired) electrons. The Labute approximate surface area is 151 Å². The number of nitrogens with one attached hydrogen (secondary N) is 2. The third-order valence-electron chi connectivity index (χ3n) is 3.74. The van der Waals surface area contributed by atoms with E-state index in [4.69, 9.17) is 4.74 Å². The molecule has 3 aromatic rings. The molecule has 0 bridgehead atoms. The van der Waals surface area contributed by atoms with Crippen LogP contribution < -0.4 is 21.3 Å². The highest BCUT2D eigenvalue weighted by Gasteiger charge is 2.16. The Balaban J connectivity index is 1.61. The molecule has 2 aromatic heterocycles. The van der Waals surface area contributed by atoms with Crippen LogP contribution in [0.15, 0.2) is 45.3 Å². The lowest BCUT2D eigenvalue weighted by atomic mass is 10.3. The predicted octanol–water partition coefficient (Wildman–Crippen LogP) is 1.47. The first-order valence-corrected chi connectivity index (χ1v) is 8.74. The molecule has 7 nitrogen and oxygen atoms in total. The molecule has 0 saturated heterocycles. The Kier molecular flexibility index (Phi) is 5.17. The minimum absolute atomic E-state index is 0.0141. The summed E-state index contributed by atoms with van der Waals surface area (Å²) in [5.41, 5.74) is -0.438. The Morgan fingerprint density at radius 3 is 2.88 bits per heavy atom. The number of fused-ring (bicyclic) bond motifs is 1. The van der Waals surface area contributed by atoms with E-state index in [9.17, 15) is 18.8 Å². The Morgan fingerprint density at radius 2 is 2.12 bits per heavy atom. The highest BCUT2D eigenvalue weighted by Crippen LogP contribution is 2.17. The van der Waals surface area contributed by atoms with E-state index in [2.05, 4.69) is 10.3 Å². The van der Waals surface area contributed by atoms with Gasteiger partial charge in [0.05, 0.1) is 5.52 Å². The zero-order valence-electron chi connectivity index (χ0n) is 13.8. The average Bonchev–Trinajstić information content (AvgIpc) is 3.08. The van der Waals surface area contributed by atoms with Crippen molar-refractivity contribution in [2.75, 3.05) is 6.54 Å². The normalized spacial score (nSPS) is 12.1. The van der Waals surface area contributed by atoms with Gasteiger partial charge in [0, 0.05) is 13.1 Å². The third-order valence-corrected chi connectivity index (χ3v) is 4.64. The fourth-order valence-electron chi connectivity index (χ4n) is 2.39. The molecule has 2 heterocycles. The molecule has 9 heteroatoms. The van der Waals surface area contributed by atoms with E-state index in [1.807, 2.05) is 0 Å². The van der Waals surface area contributed by atoms with Crippen molar-refractivity contribution >= 4 is 27.5 Å². The number of H-pyrrole nitrogens is 1. The number of rotatable bonds is 6. The van der Waals surface area contributed by atoms with Crippen LogP contribution in [0.25, 0.3) is 10.2 Å². The van der Waals surface area contributed by atoms with Gasteiger partial charge >= 0.3 is 5.69 Å². The van der Waals surface area contributed by atoms with Gasteiger partial charge in [-0.15, -0.1) is 11.3 Å². The number of aromatic nitrogens is 2. The lowest BCUT2D eigenvalue weighted by Crippen LogP contribution is -2.42. The van der Waals surface area contributed by atoms with Crippen molar-refractivity contribution in [3.8, 4) is 5.75 Å². The summed E-state index contributed by atoms with van der Waals surface area (Å²) in [6.45, 7) is 1.56. The molecule has 3 rings (SSSR count). The average molecular weight is 377 g/mol. The fourth-order valence-corrected chi connectivity index (χ4v) is 3.19. The number of carbonyl (C=O) groups excluding carboxylic acids is 1. The molecular weight excluding hydrogens is 361 g/mol. The monoisotopic (exact) mass is 377 g/mol. The summed E-state index contributed by atoms with van der Waals surface area (Å²) in [6, 6.07) is 7.44. The second kappa shape index (κ2) is 7.52. The number of ether oxygens (including phenoxy) is 1. The molecule has 0 spiro atoms. The topological polar surface area (TPSA) is 93.2 Å². The Hall–Kier alpha value is -2.94. The molecule has 0 saturated carbocycles. The zero-order valence-corrected chi connectivity index (χ0v) is 14.6. The van der Waals surface area contributed by atoms with Crippen LogP contribution in [0.5, 0.6) is 5.75 Å². The quantitative estimate of drug-likeness (QED) is 0.680. The van der Waals surface area contributed by atoms with Crippen LogP contribution in [0, 0.1) is 5.82 Å². The number of hydrogen-bond acceptors (Lipinski definition) is 5. The standard InChI is InChI=1S/C17H16FN3O4S/c1-10(25-13-5-3-2-4-11(13)18)15(22)19-7-8-21-16(23)14-12(6-9-26-14)20-17(21)24/h2-6,9-10H,7-8H2,1H3,(H,19,22)(H,20,24)/t10-/m0/s1. The van der Waals surface area contributed by atoms with Gasteiger partial charge in [-0.3, -0.25) is 14.2 Å². The fraction of sp³-hybridized carbons (Fsp3) is 0.235. The van der Waals surface area contributed by atoms with Crippen LogP contribution in [0.3, 0.4) is 0 Å². The van der Waals surface area contributed by atoms with Gasteiger partial charge in [-0.05, 0) is 30.5 Å². The first kappa shape index (κ1) is 17.9. The van der Waals surface area contributed by atoms with Crippen LogP contribution in [-0.2, 0) is 11.3 Å². The lowest BCUT2D eigenvalue weighted by molar-refractivity contribution is -0.127. The van der Waals surface area contributed by atoms with Gasteiger partial charge in [0.2, 0.25) is 0 Å². The minimum atomic E-state index is -0.929. The van der Waals surface area contributed by atoms with Gasteiger partial charge in [0.15, 0.2) is 17.7 Å². The summed E-state index contributed by atoms with van der Waals surface area (Å²) in [5.74, 6) is -1.06. The number of halogens is 1. The van der Waals surface area contributed by atoms with Crippen LogP contribution >= 0.6 is 11.3 Å². The van der Waals surface area contributed by atoms with Crippen LogP contribution in [0.1, 0.15) is 6.92 Å². The molecule has 0 fully saturated rings. The smallest absolute Gasteiger partial charge is 0.328 e. The van der Waals surface area contributed by atoms with Crippen LogP contribution in [-0.4, -0.2) is 28.1 Å². The molecule has 0 unspecified atom stereocenters. The zero-order chi connectivity index (χ0) is 18.7. The maximum absolute atomic E-state index is 13.5. The molecule has 136 valence electrons. The lowest BCUT2D eigenvalue weighted by Gasteiger charge is -2.15. The summed E-state index contributed by atoms with van der Waals surface area (Å²) in [6.07, 6.45) is -0.929. The van der Waals surface area contributed by atoms with E-state index in [-0.39, 0.29) is 18.8 Å². The maximum atomic E-state index is 13.5. The molecule has 0 aliphatic heterocycles. The van der Waals surface area contributed by atoms with Gasteiger partial charge in [-0.2, -0.15) is 0 Å². The largest absolute Gasteiger partial charge is 0.478 e. The summed E-state index contributed by atoms with van der Waals surface area (Å²) < 4.78 is 20.3. The van der Waals surface area contributed by atoms with E-state index >= 15 is 0 Å². The number of carbonyl (C=O) groups is 1. The van der Waals surface area contributed by atoms with E-state index in [1.54, 1.807) is 17.5 Å². The highest BCUT2D eigenvalue weighted by atomic mass is 32.1. The van der Waals surface area contributed by atoms with Crippen LogP contribution in [0.4, 0.5) is 4.39 Å². The first-order valence-electron chi connectivity index (χ1n) is 7.86. The molecule has 1 aromatic carbocycles. The summed E-state index contributed by atoms with van der Waals surface area (Å²) >= 11 is 1.24. The summed E-state index contributed by atoms with van der Waals surface area (Å²) in [7, 11) is 0. The van der Waals surface area contributed by atoms with Gasteiger partial charge < -0.3 is 15.0 Å². The second-order valence-corrected chi connectivity index (χ2v) is 6.45. The van der Waals surface area contributed by atoms with E-state index in [0.717, 1.165) is 4.57 Å². The summed E-state index contributed by atoms with van der Waals surface area (Å²) in [5, 5.41) is 4.29. The first-order chi connectivity index (χ1) is 12.5. The van der Waals surface area contributed by atoms with Crippen molar-refractivity contribution in [3.63, 3.8) is 0 Å². The van der Waals surface area contributed by atoms with E-state index in [0.29, 0.717) is 10.2 Å². The Bertz CT molecular complexity index is 1060. The maximum Gasteiger partial charge on any atom is 0.328 e. The second-order valence-electron chi connectivity index (χ2n) is 5.53. The predicted molar refractivity (Wildman–Crippen MR) is 96.2 cm³/mol. The number of hydrogen-bond donors (Lipinski definition) is 2. The number of aromatic amines is 1. The van der Waals surface area contributed by atoms with E-state index < -0.39 is 29.1 Å². The number of para-hydroxylation sites is 1. The van der Waals surface area contributed by atoms with Crippen molar-refractivity contribution in [2.45, 2.75) is 19.6 Å². The van der Waals surface area contributed by atoms with Crippen molar-refractivity contribution in [1.29, 1.82) is 0 Å². The number of nitrogens with zero attached hydrogens (tertiary/aromatic N) is 1. The molecule has 1 atom stereocenters. The number of thiophene rings is 1. The Morgan fingerprint density at radius 1 is 1.35 bits per heavy atom. The third kappa shape index (κ3) is 3.67. The molecule has 1 amide bonds. The van der Waals surface area contributed by atoms with Crippen LogP contribution in [0.2, 0.25) is 0 Å². The van der Waals surface area contributed by atoms with E-state index in [1.165, 1.54) is 36.5 Å². The molecule has 2 N–H and O–H groups in total. The molecule has 0 aliphatic rings. The summed E-state index contributed by atoms with van der Waals surface area (Å²) in [4.78, 5) is 38.9. The highest BCUT2D eigenvalue weighted by molar-refractivity contribution is 7.17. The van der Waals surface area contributed by atoms with Crippen molar-refractivity contribution in [1.82, 2.24) is 14.9 Å². The molecule has 0 aliphatic carbocycles. The number of benzene rings is 1. The molecule has 26 heavy (non-hydrogen) atoms. The SMILES string of the molecule is C[C@H](Oc1ccccc1F)C(=O)NCCn1c(=O)[nH]c2ccsc2c1=O. The van der Waals surface area contributed by atoms with Gasteiger partial charge in [-0.25, -0.2) is 9.18 Å². The van der Waals surface area contributed by atoms with Gasteiger partial charge in [-0.1, -0.05) is 12.1 Å².